The lowest BCUT2D eigenvalue weighted by Crippen LogP contribution is -2.41. The fraction of sp³-hybridized carbons (Fsp3) is 0.909. The zero-order valence-corrected chi connectivity index (χ0v) is 12.2. The molecule has 0 spiro atoms. The number of carbonyl (C=O) groups is 1. The predicted octanol–water partition coefficient (Wildman–Crippen LogP) is 1.98. The monoisotopic (exact) mass is 200 g/mol. The van der Waals surface area contributed by atoms with E-state index in [-0.39, 0.29) is 10.8 Å². The molecule has 0 saturated heterocycles. The second kappa shape index (κ2) is 3.95. The van der Waals surface area contributed by atoms with Gasteiger partial charge in [-0.15, -0.1) is 0 Å². The van der Waals surface area contributed by atoms with Gasteiger partial charge in [0.1, 0.15) is 5.41 Å². The van der Waals surface area contributed by atoms with Gasteiger partial charge in [0.2, 0.25) is 0 Å². The highest BCUT2D eigenvalue weighted by atomic mass is 28.1. The minimum atomic E-state index is -0.118. The molecule has 0 bridgehead atoms. The van der Waals surface area contributed by atoms with Crippen molar-refractivity contribution in [3.63, 3.8) is 0 Å². The summed E-state index contributed by atoms with van der Waals surface area (Å²) < 4.78 is 0. The van der Waals surface area contributed by atoms with E-state index in [1.54, 1.807) is 0 Å². The Labute approximate surface area is 85.7 Å². The summed E-state index contributed by atoms with van der Waals surface area (Å²) in [5.74, 6) is 0.599. The molecule has 0 aromatic carbocycles. The van der Waals surface area contributed by atoms with Crippen LogP contribution in [0.15, 0.2) is 0 Å². The molecule has 0 amide bonds. The first kappa shape index (κ1) is 12.9. The first-order chi connectivity index (χ1) is 5.61. The third-order valence-corrected chi connectivity index (χ3v) is 4.35. The van der Waals surface area contributed by atoms with E-state index in [9.17, 15) is 4.79 Å². The van der Waals surface area contributed by atoms with Gasteiger partial charge in [-0.3, -0.25) is 0 Å². The van der Waals surface area contributed by atoms with Crippen LogP contribution in [0, 0.1) is 16.7 Å². The van der Waals surface area contributed by atoms with E-state index >= 15 is 0 Å². The molecule has 0 radical (unpaired) electrons. The smallest absolute Gasteiger partial charge is 0.107 e. The van der Waals surface area contributed by atoms with E-state index in [1.165, 1.54) is 0 Å². The summed E-state index contributed by atoms with van der Waals surface area (Å²) in [5, 5.41) is 0.453. The maximum absolute atomic E-state index is 11.7. The fourth-order valence-corrected chi connectivity index (χ4v) is 2.75. The van der Waals surface area contributed by atoms with Crippen molar-refractivity contribution in [3.8, 4) is 0 Å². The molecule has 0 aliphatic heterocycles. The Kier molecular flexibility index (Phi) is 3.92. The van der Waals surface area contributed by atoms with Crippen molar-refractivity contribution < 1.29 is 4.79 Å². The Bertz CT molecular complexity index is 191. The molecule has 0 heterocycles. The van der Waals surface area contributed by atoms with Crippen LogP contribution in [0.3, 0.4) is 0 Å². The lowest BCUT2D eigenvalue weighted by molar-refractivity contribution is -0.126. The molecule has 0 saturated carbocycles. The van der Waals surface area contributed by atoms with Crippen LogP contribution in [-0.4, -0.2) is 15.6 Å². The first-order valence-electron chi connectivity index (χ1n) is 5.12. The van der Waals surface area contributed by atoms with E-state index in [2.05, 4.69) is 41.5 Å². The highest BCUT2D eigenvalue weighted by Crippen LogP contribution is 2.43. The fourth-order valence-electron chi connectivity index (χ4n) is 1.79. The van der Waals surface area contributed by atoms with Crippen molar-refractivity contribution >= 4 is 15.6 Å². The molecule has 0 N–H and O–H groups in total. The Hall–Kier alpha value is -0.113. The summed E-state index contributed by atoms with van der Waals surface area (Å²) in [6.07, 6.45) is 1.01. The maximum atomic E-state index is 11.7. The van der Waals surface area contributed by atoms with Crippen LogP contribution in [0.4, 0.5) is 0 Å². The molecule has 2 heteroatoms. The van der Waals surface area contributed by atoms with Gasteiger partial charge in [0.25, 0.3) is 0 Å². The van der Waals surface area contributed by atoms with E-state index in [4.69, 9.17) is 0 Å². The van der Waals surface area contributed by atoms with Crippen molar-refractivity contribution in [1.82, 2.24) is 0 Å². The maximum Gasteiger partial charge on any atom is 0.107 e. The lowest BCUT2D eigenvalue weighted by atomic mass is 9.65. The van der Waals surface area contributed by atoms with Crippen LogP contribution in [0.1, 0.15) is 48.0 Å². The molecule has 0 rings (SSSR count). The van der Waals surface area contributed by atoms with Crippen molar-refractivity contribution in [2.45, 2.75) is 48.0 Å². The van der Waals surface area contributed by atoms with E-state index < -0.39 is 0 Å². The lowest BCUT2D eigenvalue weighted by Gasteiger charge is -2.41. The largest absolute Gasteiger partial charge is 0.306 e. The minimum absolute atomic E-state index is 0.0934. The Morgan fingerprint density at radius 3 is 1.69 bits per heavy atom. The average Bonchev–Trinajstić information content (AvgIpc) is 1.82. The first-order valence-corrected chi connectivity index (χ1v) is 6.12. The van der Waals surface area contributed by atoms with Gasteiger partial charge in [0, 0.05) is 5.41 Å². The minimum Gasteiger partial charge on any atom is -0.306 e. The van der Waals surface area contributed by atoms with Gasteiger partial charge in [-0.05, 0) is 17.8 Å². The molecule has 0 unspecified atom stereocenters. The zero-order chi connectivity index (χ0) is 10.9. The Balaban J connectivity index is 4.85. The molecule has 1 nitrogen and oxygen atoms in total. The molecule has 1 atom stereocenters. The summed E-state index contributed by atoms with van der Waals surface area (Å²) in [5.41, 5.74) is -0.0243. The summed E-state index contributed by atoms with van der Waals surface area (Å²) in [4.78, 5) is 11.7. The third-order valence-electron chi connectivity index (χ3n) is 3.25. The molecule has 0 fully saturated rings. The van der Waals surface area contributed by atoms with Crippen LogP contribution in [-0.2, 0) is 4.79 Å². The molecule has 78 valence electrons. The van der Waals surface area contributed by atoms with Crippen molar-refractivity contribution in [1.29, 1.82) is 0 Å². The SMILES string of the molecule is CC(C)C[C@](C)(C(=O)[SiH3])C(C)(C)C. The van der Waals surface area contributed by atoms with Crippen LogP contribution in [0.2, 0.25) is 0 Å². The Morgan fingerprint density at radius 1 is 1.23 bits per heavy atom. The van der Waals surface area contributed by atoms with Gasteiger partial charge in [0.05, 0.1) is 10.2 Å². The normalized spacial score (nSPS) is 17.5. The van der Waals surface area contributed by atoms with Crippen LogP contribution in [0.25, 0.3) is 0 Å². The molecule has 0 aromatic rings. The van der Waals surface area contributed by atoms with Crippen LogP contribution in [0.5, 0.6) is 0 Å². The molecule has 0 aliphatic carbocycles. The Morgan fingerprint density at radius 2 is 1.62 bits per heavy atom. The second-order valence-corrected chi connectivity index (χ2v) is 6.64. The van der Waals surface area contributed by atoms with Crippen molar-refractivity contribution in [3.05, 3.63) is 0 Å². The molecular weight excluding hydrogens is 176 g/mol. The highest BCUT2D eigenvalue weighted by molar-refractivity contribution is 6.59. The zero-order valence-electron chi connectivity index (χ0n) is 10.2. The number of carbonyl (C=O) groups excluding carboxylic acids is 1. The van der Waals surface area contributed by atoms with Gasteiger partial charge < -0.3 is 4.79 Å². The van der Waals surface area contributed by atoms with Gasteiger partial charge in [0.15, 0.2) is 0 Å². The van der Waals surface area contributed by atoms with E-state index in [0.29, 0.717) is 21.6 Å². The number of hydrogen-bond donors (Lipinski definition) is 0. The second-order valence-electron chi connectivity index (χ2n) is 5.74. The highest BCUT2D eigenvalue weighted by Gasteiger charge is 2.41. The standard InChI is InChI=1S/C11H24OSi/c1-8(2)7-11(6,9(12)13)10(3,4)5/h8H,7H2,1-6,13H3/t11-/m1/s1. The predicted molar refractivity (Wildman–Crippen MR) is 62.0 cm³/mol. The van der Waals surface area contributed by atoms with E-state index in [0.717, 1.165) is 6.42 Å². The van der Waals surface area contributed by atoms with Gasteiger partial charge in [-0.2, -0.15) is 0 Å². The van der Waals surface area contributed by atoms with Crippen LogP contribution < -0.4 is 0 Å². The van der Waals surface area contributed by atoms with Gasteiger partial charge >= 0.3 is 0 Å². The van der Waals surface area contributed by atoms with E-state index in [1.807, 2.05) is 0 Å². The molecule has 0 aliphatic rings. The third kappa shape index (κ3) is 2.94. The average molecular weight is 200 g/mol. The summed E-state index contributed by atoms with van der Waals surface area (Å²) in [6, 6.07) is 0. The summed E-state index contributed by atoms with van der Waals surface area (Å²) in [7, 11) is 0.674. The topological polar surface area (TPSA) is 17.1 Å². The quantitative estimate of drug-likeness (QED) is 0.637. The summed E-state index contributed by atoms with van der Waals surface area (Å²) >= 11 is 0. The van der Waals surface area contributed by atoms with Crippen molar-refractivity contribution in [2.75, 3.05) is 0 Å². The van der Waals surface area contributed by atoms with Crippen molar-refractivity contribution in [2.24, 2.45) is 16.7 Å². The molecule has 13 heavy (non-hydrogen) atoms. The number of hydrogen-bond acceptors (Lipinski definition) is 1. The molecular formula is C11H24OSi. The van der Waals surface area contributed by atoms with Gasteiger partial charge in [-0.1, -0.05) is 41.5 Å². The number of rotatable bonds is 3. The van der Waals surface area contributed by atoms with Gasteiger partial charge in [-0.25, -0.2) is 0 Å². The molecule has 0 aromatic heterocycles. The van der Waals surface area contributed by atoms with Crippen LogP contribution >= 0.6 is 0 Å². The summed E-state index contributed by atoms with van der Waals surface area (Å²) in [6.45, 7) is 13.0.